The summed E-state index contributed by atoms with van der Waals surface area (Å²) >= 11 is 0. The zero-order valence-electron chi connectivity index (χ0n) is 11.1. The molecule has 7 heteroatoms. The highest BCUT2D eigenvalue weighted by Crippen LogP contribution is 2.32. The van der Waals surface area contributed by atoms with Crippen molar-refractivity contribution in [2.75, 3.05) is 32.8 Å². The van der Waals surface area contributed by atoms with Crippen molar-refractivity contribution in [1.82, 2.24) is 10.0 Å². The molecule has 0 aromatic heterocycles. The summed E-state index contributed by atoms with van der Waals surface area (Å²) < 4.78 is 37.9. The molecule has 0 spiro atoms. The molecule has 2 aliphatic rings. The molecule has 1 aromatic carbocycles. The van der Waals surface area contributed by atoms with Crippen molar-refractivity contribution in [3.63, 3.8) is 0 Å². The Morgan fingerprint density at radius 3 is 2.80 bits per heavy atom. The maximum Gasteiger partial charge on any atom is 0.240 e. The molecule has 1 fully saturated rings. The van der Waals surface area contributed by atoms with Crippen molar-refractivity contribution in [1.29, 1.82) is 0 Å². The van der Waals surface area contributed by atoms with E-state index in [0.29, 0.717) is 37.2 Å². The molecule has 1 saturated heterocycles. The summed E-state index contributed by atoms with van der Waals surface area (Å²) in [6, 6.07) is 4.70. The standard InChI is InChI=1S/C13H18N2O4S/c16-20(17,15-9-10-3-4-14-8-10)11-1-2-12-13(7-11)19-6-5-18-12/h1-2,7,10,14-15H,3-6,8-9H2. The van der Waals surface area contributed by atoms with Crippen LogP contribution in [0.2, 0.25) is 0 Å². The third-order valence-corrected chi connectivity index (χ3v) is 4.97. The van der Waals surface area contributed by atoms with Gasteiger partial charge in [-0.15, -0.1) is 0 Å². The number of fused-ring (bicyclic) bond motifs is 1. The molecule has 3 rings (SSSR count). The van der Waals surface area contributed by atoms with E-state index in [2.05, 4.69) is 10.0 Å². The fraction of sp³-hybridized carbons (Fsp3) is 0.538. The van der Waals surface area contributed by atoms with E-state index in [1.54, 1.807) is 12.1 Å². The number of hydrogen-bond acceptors (Lipinski definition) is 5. The molecule has 0 saturated carbocycles. The van der Waals surface area contributed by atoms with E-state index in [4.69, 9.17) is 9.47 Å². The molecule has 20 heavy (non-hydrogen) atoms. The van der Waals surface area contributed by atoms with Gasteiger partial charge in [0.05, 0.1) is 4.90 Å². The number of sulfonamides is 1. The number of ether oxygens (including phenoxy) is 2. The predicted octanol–water partition coefficient (Wildman–Crippen LogP) is 0.346. The fourth-order valence-corrected chi connectivity index (χ4v) is 3.52. The van der Waals surface area contributed by atoms with Crippen LogP contribution in [0, 0.1) is 5.92 Å². The molecule has 1 atom stereocenters. The molecule has 6 nitrogen and oxygen atoms in total. The van der Waals surface area contributed by atoms with E-state index < -0.39 is 10.0 Å². The topological polar surface area (TPSA) is 76.7 Å². The molecule has 0 bridgehead atoms. The van der Waals surface area contributed by atoms with Gasteiger partial charge < -0.3 is 14.8 Å². The Morgan fingerprint density at radius 2 is 2.05 bits per heavy atom. The predicted molar refractivity (Wildman–Crippen MR) is 73.6 cm³/mol. The Labute approximate surface area is 118 Å². The van der Waals surface area contributed by atoms with Crippen LogP contribution in [0.5, 0.6) is 11.5 Å². The summed E-state index contributed by atoms with van der Waals surface area (Å²) in [5, 5.41) is 3.22. The van der Waals surface area contributed by atoms with Gasteiger partial charge in [-0.2, -0.15) is 0 Å². The third-order valence-electron chi connectivity index (χ3n) is 3.55. The van der Waals surface area contributed by atoms with Crippen molar-refractivity contribution >= 4 is 10.0 Å². The van der Waals surface area contributed by atoms with Gasteiger partial charge in [0.2, 0.25) is 10.0 Å². The summed E-state index contributed by atoms with van der Waals surface area (Å²) in [4.78, 5) is 0.215. The second-order valence-corrected chi connectivity index (χ2v) is 6.78. The van der Waals surface area contributed by atoms with Crippen LogP contribution in [-0.2, 0) is 10.0 Å². The lowest BCUT2D eigenvalue weighted by Gasteiger charge is -2.19. The van der Waals surface area contributed by atoms with E-state index >= 15 is 0 Å². The molecule has 0 aliphatic carbocycles. The minimum Gasteiger partial charge on any atom is -0.486 e. The van der Waals surface area contributed by atoms with Gasteiger partial charge in [-0.3, -0.25) is 0 Å². The Kier molecular flexibility index (Phi) is 3.82. The van der Waals surface area contributed by atoms with Crippen LogP contribution < -0.4 is 19.5 Å². The van der Waals surface area contributed by atoms with Crippen molar-refractivity contribution < 1.29 is 17.9 Å². The molecule has 2 N–H and O–H groups in total. The molecule has 2 heterocycles. The van der Waals surface area contributed by atoms with E-state index in [0.717, 1.165) is 19.5 Å². The maximum atomic E-state index is 12.2. The molecule has 1 aromatic rings. The van der Waals surface area contributed by atoms with E-state index in [1.165, 1.54) is 6.07 Å². The highest BCUT2D eigenvalue weighted by Gasteiger charge is 2.21. The van der Waals surface area contributed by atoms with Crippen molar-refractivity contribution in [3.8, 4) is 11.5 Å². The molecular formula is C13H18N2O4S. The first-order valence-electron chi connectivity index (χ1n) is 6.75. The zero-order valence-corrected chi connectivity index (χ0v) is 11.9. The van der Waals surface area contributed by atoms with Crippen molar-refractivity contribution in [2.24, 2.45) is 5.92 Å². The Hall–Kier alpha value is -1.31. The highest BCUT2D eigenvalue weighted by atomic mass is 32.2. The van der Waals surface area contributed by atoms with E-state index in [1.807, 2.05) is 0 Å². The van der Waals surface area contributed by atoms with Crippen molar-refractivity contribution in [3.05, 3.63) is 18.2 Å². The van der Waals surface area contributed by atoms with Gasteiger partial charge in [-0.1, -0.05) is 0 Å². The number of nitrogens with one attached hydrogen (secondary N) is 2. The molecule has 1 unspecified atom stereocenters. The average Bonchev–Trinajstić information content (AvgIpc) is 2.98. The third kappa shape index (κ3) is 2.89. The van der Waals surface area contributed by atoms with Gasteiger partial charge in [0.25, 0.3) is 0 Å². The first kappa shape index (κ1) is 13.7. The normalized spacial score (nSPS) is 21.9. The van der Waals surface area contributed by atoms with Crippen LogP contribution in [0.1, 0.15) is 6.42 Å². The van der Waals surface area contributed by atoms with Gasteiger partial charge in [0.15, 0.2) is 11.5 Å². The van der Waals surface area contributed by atoms with Crippen LogP contribution in [0.4, 0.5) is 0 Å². The van der Waals surface area contributed by atoms with E-state index in [-0.39, 0.29) is 4.90 Å². The molecule has 0 amide bonds. The lowest BCUT2D eigenvalue weighted by atomic mass is 10.1. The first-order chi connectivity index (χ1) is 9.65. The first-order valence-corrected chi connectivity index (χ1v) is 8.23. The van der Waals surface area contributed by atoms with Gasteiger partial charge >= 0.3 is 0 Å². The zero-order chi connectivity index (χ0) is 14.0. The smallest absolute Gasteiger partial charge is 0.240 e. The molecule has 2 aliphatic heterocycles. The minimum atomic E-state index is -3.49. The molecule has 0 radical (unpaired) electrons. The van der Waals surface area contributed by atoms with Crippen LogP contribution in [0.15, 0.2) is 23.1 Å². The van der Waals surface area contributed by atoms with Crippen LogP contribution in [0.25, 0.3) is 0 Å². The Balaban J connectivity index is 1.73. The van der Waals surface area contributed by atoms with Crippen LogP contribution in [-0.4, -0.2) is 41.3 Å². The summed E-state index contributed by atoms with van der Waals surface area (Å²) in [6.45, 7) is 3.22. The van der Waals surface area contributed by atoms with Gasteiger partial charge in [-0.25, -0.2) is 13.1 Å². The summed E-state index contributed by atoms with van der Waals surface area (Å²) in [5.74, 6) is 1.44. The van der Waals surface area contributed by atoms with E-state index in [9.17, 15) is 8.42 Å². The minimum absolute atomic E-state index is 0.215. The van der Waals surface area contributed by atoms with Gasteiger partial charge in [0, 0.05) is 12.6 Å². The second kappa shape index (κ2) is 5.59. The average molecular weight is 298 g/mol. The van der Waals surface area contributed by atoms with Crippen LogP contribution >= 0.6 is 0 Å². The summed E-state index contributed by atoms with van der Waals surface area (Å²) in [5.41, 5.74) is 0. The monoisotopic (exact) mass is 298 g/mol. The SMILES string of the molecule is O=S(=O)(NCC1CCNC1)c1ccc2c(c1)OCCO2. The maximum absolute atomic E-state index is 12.2. The Bertz CT molecular complexity index is 582. The largest absolute Gasteiger partial charge is 0.486 e. The lowest BCUT2D eigenvalue weighted by Crippen LogP contribution is -2.30. The second-order valence-electron chi connectivity index (χ2n) is 5.02. The quantitative estimate of drug-likeness (QED) is 0.838. The molecular weight excluding hydrogens is 280 g/mol. The van der Waals surface area contributed by atoms with Crippen LogP contribution in [0.3, 0.4) is 0 Å². The van der Waals surface area contributed by atoms with Crippen molar-refractivity contribution in [2.45, 2.75) is 11.3 Å². The van der Waals surface area contributed by atoms with Gasteiger partial charge in [-0.05, 0) is 37.6 Å². The van der Waals surface area contributed by atoms with Gasteiger partial charge in [0.1, 0.15) is 13.2 Å². The number of benzene rings is 1. The number of rotatable bonds is 4. The molecule has 110 valence electrons. The highest BCUT2D eigenvalue weighted by molar-refractivity contribution is 7.89. The summed E-state index contributed by atoms with van der Waals surface area (Å²) in [7, 11) is -3.49. The fourth-order valence-electron chi connectivity index (χ4n) is 2.39. The number of hydrogen-bond donors (Lipinski definition) is 2. The Morgan fingerprint density at radius 1 is 1.25 bits per heavy atom. The lowest BCUT2D eigenvalue weighted by molar-refractivity contribution is 0.171. The summed E-state index contributed by atoms with van der Waals surface area (Å²) in [6.07, 6.45) is 1.00.